The van der Waals surface area contributed by atoms with Crippen molar-refractivity contribution in [2.45, 2.75) is 45.1 Å². The Labute approximate surface area is 125 Å². The number of hydrogen-bond acceptors (Lipinski definition) is 5. The van der Waals surface area contributed by atoms with Crippen molar-refractivity contribution in [2.24, 2.45) is 0 Å². The van der Waals surface area contributed by atoms with Crippen LogP contribution in [0.5, 0.6) is 0 Å². The third-order valence-corrected chi connectivity index (χ3v) is 3.78. The topological polar surface area (TPSA) is 78.4 Å². The number of likely N-dealkylation sites (tertiary alicyclic amines) is 1. The molecule has 6 nitrogen and oxygen atoms in total. The van der Waals surface area contributed by atoms with Gasteiger partial charge >= 0.3 is 0 Å². The Morgan fingerprint density at radius 3 is 2.90 bits per heavy atom. The molecule has 0 saturated carbocycles. The number of carbonyl (C=O) groups is 1. The van der Waals surface area contributed by atoms with E-state index < -0.39 is 0 Å². The maximum atomic E-state index is 12.5. The molecule has 6 heteroatoms. The van der Waals surface area contributed by atoms with Gasteiger partial charge in [-0.3, -0.25) is 4.79 Å². The van der Waals surface area contributed by atoms with Crippen molar-refractivity contribution in [2.75, 3.05) is 25.0 Å². The molecule has 21 heavy (non-hydrogen) atoms. The van der Waals surface area contributed by atoms with Crippen LogP contribution in [-0.4, -0.2) is 51.6 Å². The van der Waals surface area contributed by atoms with Crippen LogP contribution in [0, 0.1) is 0 Å². The molecule has 1 fully saturated rings. The lowest BCUT2D eigenvalue weighted by Crippen LogP contribution is -2.42. The summed E-state index contributed by atoms with van der Waals surface area (Å²) in [5.41, 5.74) is 0.345. The number of anilines is 1. The van der Waals surface area contributed by atoms with E-state index in [0.29, 0.717) is 18.1 Å². The van der Waals surface area contributed by atoms with Crippen LogP contribution < -0.4 is 5.32 Å². The molecular formula is C15H24N4O2. The van der Waals surface area contributed by atoms with Gasteiger partial charge in [-0.2, -0.15) is 0 Å². The summed E-state index contributed by atoms with van der Waals surface area (Å²) in [4.78, 5) is 22.7. The van der Waals surface area contributed by atoms with Gasteiger partial charge in [0.15, 0.2) is 0 Å². The molecule has 116 valence electrons. The van der Waals surface area contributed by atoms with E-state index in [1.165, 1.54) is 6.20 Å². The zero-order valence-corrected chi connectivity index (χ0v) is 12.6. The smallest absolute Gasteiger partial charge is 0.274 e. The average molecular weight is 292 g/mol. The lowest BCUT2D eigenvalue weighted by atomic mass is 10.1. The zero-order chi connectivity index (χ0) is 15.1. The van der Waals surface area contributed by atoms with Gasteiger partial charge in [0.05, 0.1) is 25.0 Å². The van der Waals surface area contributed by atoms with Gasteiger partial charge in [0, 0.05) is 13.1 Å². The number of carbonyl (C=O) groups excluding carboxylic acids is 1. The van der Waals surface area contributed by atoms with E-state index in [1.807, 2.05) is 0 Å². The summed E-state index contributed by atoms with van der Waals surface area (Å²) in [5, 5.41) is 12.6. The highest BCUT2D eigenvalue weighted by atomic mass is 16.3. The SMILES string of the molecule is CCCNc1cnc(C(=O)N2CCCCCC2CO)cn1. The minimum Gasteiger partial charge on any atom is -0.394 e. The summed E-state index contributed by atoms with van der Waals surface area (Å²) in [6.45, 7) is 3.60. The molecule has 1 amide bonds. The highest BCUT2D eigenvalue weighted by Crippen LogP contribution is 2.18. The summed E-state index contributed by atoms with van der Waals surface area (Å²) < 4.78 is 0. The van der Waals surface area contributed by atoms with E-state index in [-0.39, 0.29) is 18.6 Å². The largest absolute Gasteiger partial charge is 0.394 e. The summed E-state index contributed by atoms with van der Waals surface area (Å²) in [6.07, 6.45) is 8.10. The minimum atomic E-state index is -0.134. The number of aromatic nitrogens is 2. The van der Waals surface area contributed by atoms with Gasteiger partial charge in [-0.1, -0.05) is 19.8 Å². The first-order valence-corrected chi connectivity index (χ1v) is 7.74. The molecular weight excluding hydrogens is 268 g/mol. The van der Waals surface area contributed by atoms with Crippen LogP contribution in [0.4, 0.5) is 5.82 Å². The summed E-state index contributed by atoms with van der Waals surface area (Å²) in [5.74, 6) is 0.550. The summed E-state index contributed by atoms with van der Waals surface area (Å²) >= 11 is 0. The van der Waals surface area contributed by atoms with Gasteiger partial charge in [0.25, 0.3) is 5.91 Å². The van der Waals surface area contributed by atoms with Crippen LogP contribution >= 0.6 is 0 Å². The minimum absolute atomic E-state index is 0.00923. The van der Waals surface area contributed by atoms with Crippen molar-refractivity contribution in [1.29, 1.82) is 0 Å². The van der Waals surface area contributed by atoms with Gasteiger partial charge in [-0.15, -0.1) is 0 Å². The number of amides is 1. The normalized spacial score (nSPS) is 19.1. The Morgan fingerprint density at radius 2 is 2.24 bits per heavy atom. The Hall–Kier alpha value is -1.69. The third-order valence-electron chi connectivity index (χ3n) is 3.78. The van der Waals surface area contributed by atoms with Crippen LogP contribution in [-0.2, 0) is 0 Å². The number of hydrogen-bond donors (Lipinski definition) is 2. The van der Waals surface area contributed by atoms with Crippen LogP contribution in [0.1, 0.15) is 49.5 Å². The molecule has 1 aromatic heterocycles. The quantitative estimate of drug-likeness (QED) is 0.863. The molecule has 1 atom stereocenters. The number of aliphatic hydroxyl groups is 1. The van der Waals surface area contributed by atoms with Crippen molar-refractivity contribution in [1.82, 2.24) is 14.9 Å². The van der Waals surface area contributed by atoms with Gasteiger partial charge < -0.3 is 15.3 Å². The summed E-state index contributed by atoms with van der Waals surface area (Å²) in [7, 11) is 0. The molecule has 1 saturated heterocycles. The Morgan fingerprint density at radius 1 is 1.38 bits per heavy atom. The molecule has 0 bridgehead atoms. The highest BCUT2D eigenvalue weighted by Gasteiger charge is 2.26. The predicted molar refractivity (Wildman–Crippen MR) is 81.2 cm³/mol. The fourth-order valence-electron chi connectivity index (χ4n) is 2.56. The molecule has 0 radical (unpaired) electrons. The molecule has 2 N–H and O–H groups in total. The Kier molecular flexibility index (Phi) is 5.92. The maximum Gasteiger partial charge on any atom is 0.274 e. The number of nitrogens with zero attached hydrogens (tertiary/aromatic N) is 3. The van der Waals surface area contributed by atoms with E-state index in [0.717, 1.165) is 38.6 Å². The Balaban J connectivity index is 2.06. The fourth-order valence-corrected chi connectivity index (χ4v) is 2.56. The monoisotopic (exact) mass is 292 g/mol. The molecule has 1 aliphatic heterocycles. The van der Waals surface area contributed by atoms with E-state index >= 15 is 0 Å². The van der Waals surface area contributed by atoms with Gasteiger partial charge in [-0.05, 0) is 19.3 Å². The maximum absolute atomic E-state index is 12.5. The number of aliphatic hydroxyl groups excluding tert-OH is 1. The van der Waals surface area contributed by atoms with E-state index in [1.54, 1.807) is 11.1 Å². The van der Waals surface area contributed by atoms with Crippen molar-refractivity contribution >= 4 is 11.7 Å². The van der Waals surface area contributed by atoms with Crippen LogP contribution in [0.3, 0.4) is 0 Å². The second-order valence-electron chi connectivity index (χ2n) is 5.40. The molecule has 1 aliphatic rings. The lowest BCUT2D eigenvalue weighted by molar-refractivity contribution is 0.0593. The molecule has 1 unspecified atom stereocenters. The lowest BCUT2D eigenvalue weighted by Gasteiger charge is -2.28. The van der Waals surface area contributed by atoms with Crippen molar-refractivity contribution in [3.63, 3.8) is 0 Å². The second kappa shape index (κ2) is 7.93. The number of nitrogens with one attached hydrogen (secondary N) is 1. The summed E-state index contributed by atoms with van der Waals surface area (Å²) in [6, 6.07) is -0.0975. The molecule has 2 rings (SSSR count). The zero-order valence-electron chi connectivity index (χ0n) is 12.6. The second-order valence-corrected chi connectivity index (χ2v) is 5.40. The Bertz CT molecular complexity index is 449. The van der Waals surface area contributed by atoms with E-state index in [4.69, 9.17) is 0 Å². The van der Waals surface area contributed by atoms with E-state index in [2.05, 4.69) is 22.2 Å². The van der Waals surface area contributed by atoms with E-state index in [9.17, 15) is 9.90 Å². The van der Waals surface area contributed by atoms with Crippen LogP contribution in [0.2, 0.25) is 0 Å². The average Bonchev–Trinajstić information content (AvgIpc) is 2.78. The molecule has 0 aliphatic carbocycles. The van der Waals surface area contributed by atoms with Crippen LogP contribution in [0.25, 0.3) is 0 Å². The van der Waals surface area contributed by atoms with Gasteiger partial charge in [-0.25, -0.2) is 9.97 Å². The van der Waals surface area contributed by atoms with Crippen LogP contribution in [0.15, 0.2) is 12.4 Å². The van der Waals surface area contributed by atoms with Crippen molar-refractivity contribution < 1.29 is 9.90 Å². The van der Waals surface area contributed by atoms with Gasteiger partial charge in [0.2, 0.25) is 0 Å². The number of rotatable bonds is 5. The first-order valence-electron chi connectivity index (χ1n) is 7.74. The van der Waals surface area contributed by atoms with Gasteiger partial charge in [0.1, 0.15) is 11.5 Å². The molecule has 2 heterocycles. The van der Waals surface area contributed by atoms with Crippen molar-refractivity contribution in [3.05, 3.63) is 18.1 Å². The third kappa shape index (κ3) is 4.14. The van der Waals surface area contributed by atoms with Crippen molar-refractivity contribution in [3.8, 4) is 0 Å². The highest BCUT2D eigenvalue weighted by molar-refractivity contribution is 5.92. The molecule has 0 spiro atoms. The first-order chi connectivity index (χ1) is 10.3. The molecule has 1 aromatic rings. The standard InChI is InChI=1S/C15H24N4O2/c1-2-7-16-14-10-17-13(9-18-14)15(21)19-8-5-3-4-6-12(19)11-20/h9-10,12,20H,2-8,11H2,1H3,(H,16,18). The molecule has 0 aromatic carbocycles. The first kappa shape index (κ1) is 15.7. The fraction of sp³-hybridized carbons (Fsp3) is 0.667. The predicted octanol–water partition coefficient (Wildman–Crippen LogP) is 1.68.